The van der Waals surface area contributed by atoms with Gasteiger partial charge >= 0.3 is 5.69 Å². The van der Waals surface area contributed by atoms with Gasteiger partial charge in [0.05, 0.1) is 15.1 Å². The van der Waals surface area contributed by atoms with E-state index in [1.54, 1.807) is 17.5 Å². The third-order valence-electron chi connectivity index (χ3n) is 2.08. The number of halogens is 1. The summed E-state index contributed by atoms with van der Waals surface area (Å²) in [4.78, 5) is 14.4. The Bertz CT molecular complexity index is 587. The summed E-state index contributed by atoms with van der Waals surface area (Å²) in [6, 6.07) is 4.64. The highest BCUT2D eigenvalue weighted by Crippen LogP contribution is 2.35. The van der Waals surface area contributed by atoms with Gasteiger partial charge in [-0.25, -0.2) is 4.98 Å². The van der Waals surface area contributed by atoms with E-state index in [2.05, 4.69) is 20.9 Å². The normalized spacial score (nSPS) is 10.3. The molecule has 2 aromatic rings. The standard InChI is InChI=1S/C10H8BrN3O3S/c11-7-2-1-3-8(14(15)16)9(7)17-4-6-5-18-10(12)13-6/h1-3,5H,4H2,(H2,12,13). The SMILES string of the molecule is Nc1nc(COc2c(Br)cccc2[N+](=O)[O-])cs1. The van der Waals surface area contributed by atoms with Crippen LogP contribution < -0.4 is 10.5 Å². The lowest BCUT2D eigenvalue weighted by Crippen LogP contribution is -2.00. The topological polar surface area (TPSA) is 91.3 Å². The van der Waals surface area contributed by atoms with Gasteiger partial charge in [-0.3, -0.25) is 10.1 Å². The van der Waals surface area contributed by atoms with Gasteiger partial charge in [-0.05, 0) is 22.0 Å². The summed E-state index contributed by atoms with van der Waals surface area (Å²) in [5.41, 5.74) is 6.04. The Labute approximate surface area is 115 Å². The molecule has 0 spiro atoms. The maximum Gasteiger partial charge on any atom is 0.312 e. The molecule has 0 saturated carbocycles. The number of nitrogen functional groups attached to an aromatic ring is 1. The van der Waals surface area contributed by atoms with Crippen molar-refractivity contribution >= 4 is 38.1 Å². The average Bonchev–Trinajstić information content (AvgIpc) is 2.73. The highest BCUT2D eigenvalue weighted by molar-refractivity contribution is 9.10. The minimum Gasteiger partial charge on any atom is -0.479 e. The Balaban J connectivity index is 2.20. The Morgan fingerprint density at radius 3 is 2.94 bits per heavy atom. The Morgan fingerprint density at radius 2 is 2.33 bits per heavy atom. The van der Waals surface area contributed by atoms with Gasteiger partial charge < -0.3 is 10.5 Å². The number of hydrogen-bond acceptors (Lipinski definition) is 6. The molecule has 0 saturated heterocycles. The van der Waals surface area contributed by atoms with E-state index in [0.717, 1.165) is 0 Å². The predicted molar refractivity (Wildman–Crippen MR) is 71.7 cm³/mol. The molecule has 8 heteroatoms. The molecule has 0 atom stereocenters. The number of nitro groups is 1. The van der Waals surface area contributed by atoms with Crippen LogP contribution in [0.5, 0.6) is 5.75 Å². The van der Waals surface area contributed by atoms with Crippen LogP contribution in [0.4, 0.5) is 10.8 Å². The van der Waals surface area contributed by atoms with Gasteiger partial charge in [-0.2, -0.15) is 0 Å². The molecule has 0 unspecified atom stereocenters. The number of benzene rings is 1. The molecule has 0 fully saturated rings. The highest BCUT2D eigenvalue weighted by Gasteiger charge is 2.18. The molecular weight excluding hydrogens is 322 g/mol. The zero-order valence-electron chi connectivity index (χ0n) is 9.00. The van der Waals surface area contributed by atoms with Crippen LogP contribution in [0, 0.1) is 10.1 Å². The fourth-order valence-electron chi connectivity index (χ4n) is 1.32. The first kappa shape index (κ1) is 12.8. The summed E-state index contributed by atoms with van der Waals surface area (Å²) in [5, 5.41) is 13.0. The Kier molecular flexibility index (Phi) is 3.78. The van der Waals surface area contributed by atoms with Crippen LogP contribution in [0.25, 0.3) is 0 Å². The van der Waals surface area contributed by atoms with E-state index in [1.807, 2.05) is 0 Å². The van der Waals surface area contributed by atoms with Crippen molar-refractivity contribution in [1.82, 2.24) is 4.98 Å². The summed E-state index contributed by atoms with van der Waals surface area (Å²) < 4.78 is 5.96. The molecule has 0 aliphatic heterocycles. The first-order valence-electron chi connectivity index (χ1n) is 4.83. The number of nitrogens with two attached hydrogens (primary N) is 1. The minimum absolute atomic E-state index is 0.0902. The predicted octanol–water partition coefficient (Wildman–Crippen LogP) is 2.98. The lowest BCUT2D eigenvalue weighted by atomic mass is 10.3. The molecule has 0 bridgehead atoms. The van der Waals surface area contributed by atoms with Gasteiger partial charge in [0.25, 0.3) is 0 Å². The molecule has 2 rings (SSSR count). The van der Waals surface area contributed by atoms with Gasteiger partial charge in [-0.15, -0.1) is 11.3 Å². The fraction of sp³-hybridized carbons (Fsp3) is 0.100. The van der Waals surface area contributed by atoms with E-state index >= 15 is 0 Å². The molecule has 6 nitrogen and oxygen atoms in total. The quantitative estimate of drug-likeness (QED) is 0.687. The van der Waals surface area contributed by atoms with E-state index < -0.39 is 4.92 Å². The number of thiazole rings is 1. The first-order valence-corrected chi connectivity index (χ1v) is 6.51. The van der Waals surface area contributed by atoms with Crippen LogP contribution in [0.2, 0.25) is 0 Å². The van der Waals surface area contributed by atoms with E-state index in [4.69, 9.17) is 10.5 Å². The summed E-state index contributed by atoms with van der Waals surface area (Å²) in [6.45, 7) is 0.136. The van der Waals surface area contributed by atoms with E-state index in [9.17, 15) is 10.1 Å². The van der Waals surface area contributed by atoms with Crippen molar-refractivity contribution in [3.05, 3.63) is 43.9 Å². The monoisotopic (exact) mass is 329 g/mol. The molecule has 0 amide bonds. The second kappa shape index (κ2) is 5.32. The molecule has 1 aromatic heterocycles. The van der Waals surface area contributed by atoms with E-state index in [-0.39, 0.29) is 18.0 Å². The number of nitrogens with zero attached hydrogens (tertiary/aromatic N) is 2. The third kappa shape index (κ3) is 2.77. The van der Waals surface area contributed by atoms with E-state index in [1.165, 1.54) is 17.4 Å². The first-order chi connectivity index (χ1) is 8.58. The van der Waals surface area contributed by atoms with Crippen molar-refractivity contribution < 1.29 is 9.66 Å². The lowest BCUT2D eigenvalue weighted by molar-refractivity contribution is -0.386. The van der Waals surface area contributed by atoms with Gasteiger partial charge in [-0.1, -0.05) is 6.07 Å². The Morgan fingerprint density at radius 1 is 1.56 bits per heavy atom. The zero-order chi connectivity index (χ0) is 13.1. The van der Waals surface area contributed by atoms with Crippen molar-refractivity contribution in [1.29, 1.82) is 0 Å². The zero-order valence-corrected chi connectivity index (χ0v) is 11.4. The summed E-state index contributed by atoms with van der Waals surface area (Å²) in [7, 11) is 0. The van der Waals surface area contributed by atoms with Crippen LogP contribution in [-0.4, -0.2) is 9.91 Å². The summed E-state index contributed by atoms with van der Waals surface area (Å²) in [5.74, 6) is 0.189. The van der Waals surface area contributed by atoms with Crippen LogP contribution in [-0.2, 0) is 6.61 Å². The third-order valence-corrected chi connectivity index (χ3v) is 3.42. The minimum atomic E-state index is -0.491. The second-order valence-electron chi connectivity index (χ2n) is 3.31. The van der Waals surface area contributed by atoms with Gasteiger partial charge in [0.1, 0.15) is 6.61 Å². The van der Waals surface area contributed by atoms with Crippen molar-refractivity contribution in [2.75, 3.05) is 5.73 Å². The molecule has 0 radical (unpaired) electrons. The molecule has 94 valence electrons. The van der Waals surface area contributed by atoms with Crippen molar-refractivity contribution in [2.45, 2.75) is 6.61 Å². The smallest absolute Gasteiger partial charge is 0.312 e. The summed E-state index contributed by atoms with van der Waals surface area (Å²) >= 11 is 4.52. The molecule has 1 heterocycles. The lowest BCUT2D eigenvalue weighted by Gasteiger charge is -2.06. The molecule has 18 heavy (non-hydrogen) atoms. The maximum atomic E-state index is 10.9. The molecule has 1 aromatic carbocycles. The van der Waals surface area contributed by atoms with Crippen molar-refractivity contribution in [3.8, 4) is 5.75 Å². The van der Waals surface area contributed by atoms with Crippen LogP contribution in [0.3, 0.4) is 0 Å². The average molecular weight is 330 g/mol. The fourth-order valence-corrected chi connectivity index (χ4v) is 2.34. The number of nitro benzene ring substituents is 1. The molecule has 0 aliphatic rings. The number of ether oxygens (including phenoxy) is 1. The van der Waals surface area contributed by atoms with Crippen molar-refractivity contribution in [2.24, 2.45) is 0 Å². The number of para-hydroxylation sites is 1. The van der Waals surface area contributed by atoms with Crippen LogP contribution in [0.1, 0.15) is 5.69 Å². The Hall–Kier alpha value is -1.67. The van der Waals surface area contributed by atoms with Gasteiger partial charge in [0, 0.05) is 11.4 Å². The van der Waals surface area contributed by atoms with E-state index in [0.29, 0.717) is 15.3 Å². The summed E-state index contributed by atoms with van der Waals surface area (Å²) in [6.07, 6.45) is 0. The molecular formula is C10H8BrN3O3S. The van der Waals surface area contributed by atoms with Crippen LogP contribution >= 0.6 is 27.3 Å². The largest absolute Gasteiger partial charge is 0.479 e. The number of rotatable bonds is 4. The molecule has 2 N–H and O–H groups in total. The number of anilines is 1. The number of aromatic nitrogens is 1. The van der Waals surface area contributed by atoms with Gasteiger partial charge in [0.15, 0.2) is 5.13 Å². The highest BCUT2D eigenvalue weighted by atomic mass is 79.9. The maximum absolute atomic E-state index is 10.9. The number of hydrogen-bond donors (Lipinski definition) is 1. The molecule has 0 aliphatic carbocycles. The van der Waals surface area contributed by atoms with Crippen molar-refractivity contribution in [3.63, 3.8) is 0 Å². The van der Waals surface area contributed by atoms with Gasteiger partial charge in [0.2, 0.25) is 5.75 Å². The second-order valence-corrected chi connectivity index (χ2v) is 5.05. The van der Waals surface area contributed by atoms with Crippen LogP contribution in [0.15, 0.2) is 28.1 Å².